The van der Waals surface area contributed by atoms with Crippen LogP contribution in [0.3, 0.4) is 0 Å². The Labute approximate surface area is 265 Å². The van der Waals surface area contributed by atoms with Gasteiger partial charge in [0.2, 0.25) is 0 Å². The van der Waals surface area contributed by atoms with Crippen LogP contribution in [0.25, 0.3) is 5.76 Å². The van der Waals surface area contributed by atoms with E-state index in [2.05, 4.69) is 18.7 Å². The molecule has 0 aliphatic carbocycles. The van der Waals surface area contributed by atoms with Gasteiger partial charge in [-0.3, -0.25) is 14.5 Å². The normalized spacial score (nSPS) is 18.4. The minimum atomic E-state index is -0.819. The first-order valence-electron chi connectivity index (χ1n) is 15.4. The Hall–Kier alpha value is -4.34. The van der Waals surface area contributed by atoms with E-state index in [4.69, 9.17) is 18.9 Å². The number of carbonyl (C=O) groups is 2. The van der Waals surface area contributed by atoms with Crippen LogP contribution in [-0.2, 0) is 20.9 Å². The van der Waals surface area contributed by atoms with Crippen LogP contribution in [0.1, 0.15) is 42.1 Å². The number of hydrogen-bond donors (Lipinski definition) is 1. The molecule has 0 saturated carbocycles. The highest BCUT2D eigenvalue weighted by Crippen LogP contribution is 2.42. The van der Waals surface area contributed by atoms with Crippen molar-refractivity contribution in [1.82, 2.24) is 9.80 Å². The van der Waals surface area contributed by atoms with Crippen molar-refractivity contribution >= 4 is 17.4 Å². The monoisotopic (exact) mass is 614 g/mol. The highest BCUT2D eigenvalue weighted by atomic mass is 16.5. The van der Waals surface area contributed by atoms with Crippen LogP contribution in [0.15, 0.2) is 72.3 Å². The van der Waals surface area contributed by atoms with Gasteiger partial charge in [0.15, 0.2) is 11.5 Å². The van der Waals surface area contributed by atoms with Gasteiger partial charge >= 0.3 is 0 Å². The van der Waals surface area contributed by atoms with Gasteiger partial charge in [0, 0.05) is 31.7 Å². The van der Waals surface area contributed by atoms with Crippen LogP contribution >= 0.6 is 0 Å². The number of methoxy groups -OCH3 is 1. The molecule has 0 spiro atoms. The van der Waals surface area contributed by atoms with Crippen LogP contribution in [-0.4, -0.2) is 79.7 Å². The lowest BCUT2D eigenvalue weighted by Crippen LogP contribution is -2.42. The van der Waals surface area contributed by atoms with Gasteiger partial charge in [-0.2, -0.15) is 0 Å². The van der Waals surface area contributed by atoms with E-state index >= 15 is 0 Å². The zero-order chi connectivity index (χ0) is 31.9. The summed E-state index contributed by atoms with van der Waals surface area (Å²) in [4.78, 5) is 31.0. The summed E-state index contributed by atoms with van der Waals surface area (Å²) in [6.45, 7) is 10.6. The minimum Gasteiger partial charge on any atom is -0.507 e. The van der Waals surface area contributed by atoms with Gasteiger partial charge < -0.3 is 29.0 Å². The lowest BCUT2D eigenvalue weighted by atomic mass is 9.94. The maximum absolute atomic E-state index is 13.7. The van der Waals surface area contributed by atoms with E-state index in [0.29, 0.717) is 73.8 Å². The van der Waals surface area contributed by atoms with E-state index in [1.165, 1.54) is 0 Å². The van der Waals surface area contributed by atoms with Crippen LogP contribution in [0.2, 0.25) is 0 Å². The number of morpholine rings is 1. The Morgan fingerprint density at radius 1 is 0.933 bits per heavy atom. The molecule has 9 heteroatoms. The van der Waals surface area contributed by atoms with Crippen molar-refractivity contribution in [2.75, 3.05) is 53.1 Å². The number of aliphatic hydroxyl groups is 1. The smallest absolute Gasteiger partial charge is 0.295 e. The first kappa shape index (κ1) is 32.1. The van der Waals surface area contributed by atoms with Gasteiger partial charge in [-0.1, -0.05) is 50.2 Å². The molecule has 1 amide bonds. The van der Waals surface area contributed by atoms with Crippen molar-refractivity contribution in [1.29, 1.82) is 0 Å². The lowest BCUT2D eigenvalue weighted by molar-refractivity contribution is -0.140. The van der Waals surface area contributed by atoms with Crippen molar-refractivity contribution in [3.63, 3.8) is 0 Å². The summed E-state index contributed by atoms with van der Waals surface area (Å²) < 4.78 is 23.2. The molecule has 0 bridgehead atoms. The average Bonchev–Trinajstić information content (AvgIpc) is 3.31. The predicted molar refractivity (Wildman–Crippen MR) is 172 cm³/mol. The molecule has 2 saturated heterocycles. The fourth-order valence-electron chi connectivity index (χ4n) is 5.61. The number of Topliss-reactive ketones (excluding diaryl/α,β-unsaturated/α-hetero) is 1. The van der Waals surface area contributed by atoms with E-state index in [1.807, 2.05) is 43.3 Å². The van der Waals surface area contributed by atoms with Crippen molar-refractivity contribution in [3.05, 3.63) is 94.6 Å². The number of aliphatic hydroxyl groups excluding tert-OH is 1. The SMILES string of the molecule is COc1cc(C2C(=C(O)c3ccc(OCC(C)C)c(C)c3)C(=O)C(=O)N2CCN2CCOCC2)ccc1OCc1ccccc1. The predicted octanol–water partition coefficient (Wildman–Crippen LogP) is 5.37. The lowest BCUT2D eigenvalue weighted by Gasteiger charge is -2.31. The molecule has 3 aromatic carbocycles. The molecule has 3 aromatic rings. The van der Waals surface area contributed by atoms with Crippen LogP contribution in [0.5, 0.6) is 17.2 Å². The second kappa shape index (κ2) is 14.6. The Balaban J connectivity index is 1.50. The first-order valence-corrected chi connectivity index (χ1v) is 15.4. The summed E-state index contributed by atoms with van der Waals surface area (Å²) in [5.41, 5.74) is 2.94. The number of aryl methyl sites for hydroxylation is 1. The molecule has 45 heavy (non-hydrogen) atoms. The van der Waals surface area contributed by atoms with Gasteiger partial charge in [0.1, 0.15) is 18.1 Å². The number of ether oxygens (including phenoxy) is 4. The van der Waals surface area contributed by atoms with Crippen molar-refractivity contribution < 1.29 is 33.6 Å². The summed E-state index contributed by atoms with van der Waals surface area (Å²) in [6.07, 6.45) is 0. The summed E-state index contributed by atoms with van der Waals surface area (Å²) in [5.74, 6) is 0.464. The van der Waals surface area contributed by atoms with E-state index in [1.54, 1.807) is 42.3 Å². The van der Waals surface area contributed by atoms with E-state index in [-0.39, 0.29) is 11.3 Å². The molecule has 2 fully saturated rings. The second-order valence-electron chi connectivity index (χ2n) is 11.8. The molecule has 0 radical (unpaired) electrons. The highest BCUT2D eigenvalue weighted by Gasteiger charge is 2.46. The largest absolute Gasteiger partial charge is 0.507 e. The molecule has 2 heterocycles. The minimum absolute atomic E-state index is 0.0391. The van der Waals surface area contributed by atoms with Gasteiger partial charge in [-0.05, 0) is 59.9 Å². The fraction of sp³-hybridized carbons (Fsp3) is 0.389. The van der Waals surface area contributed by atoms with Crippen LogP contribution in [0.4, 0.5) is 0 Å². The standard InChI is InChI=1S/C36H42N2O7/c1-24(2)22-44-29-12-11-28(20-25(29)3)34(39)32-33(38(36(41)35(32)40)15-14-37-16-18-43-19-17-37)27-10-13-30(31(21-27)42-4)45-23-26-8-6-5-7-9-26/h5-13,20-21,24,33,39H,14-19,22-23H2,1-4H3. The Morgan fingerprint density at radius 3 is 2.36 bits per heavy atom. The second-order valence-corrected chi connectivity index (χ2v) is 11.8. The third kappa shape index (κ3) is 7.49. The van der Waals surface area contributed by atoms with Crippen molar-refractivity contribution in [2.24, 2.45) is 5.92 Å². The Morgan fingerprint density at radius 2 is 1.67 bits per heavy atom. The van der Waals surface area contributed by atoms with Gasteiger partial charge in [-0.25, -0.2) is 0 Å². The summed E-state index contributed by atoms with van der Waals surface area (Å²) in [7, 11) is 1.55. The number of amides is 1. The van der Waals surface area contributed by atoms with E-state index < -0.39 is 17.7 Å². The number of ketones is 1. The maximum atomic E-state index is 13.7. The number of benzene rings is 3. The molecule has 1 atom stereocenters. The quantitative estimate of drug-likeness (QED) is 0.165. The van der Waals surface area contributed by atoms with E-state index in [9.17, 15) is 14.7 Å². The average molecular weight is 615 g/mol. The van der Waals surface area contributed by atoms with Crippen LogP contribution in [0, 0.1) is 12.8 Å². The molecule has 1 N–H and O–H groups in total. The number of rotatable bonds is 12. The molecule has 1 unspecified atom stereocenters. The summed E-state index contributed by atoms with van der Waals surface area (Å²) in [5, 5.41) is 11.7. The molecule has 2 aliphatic heterocycles. The number of hydrogen-bond acceptors (Lipinski definition) is 8. The van der Waals surface area contributed by atoms with E-state index in [0.717, 1.165) is 24.2 Å². The molecule has 9 nitrogen and oxygen atoms in total. The zero-order valence-corrected chi connectivity index (χ0v) is 26.5. The highest BCUT2D eigenvalue weighted by molar-refractivity contribution is 6.46. The number of nitrogens with zero attached hydrogens (tertiary/aromatic N) is 2. The molecule has 0 aromatic heterocycles. The number of carbonyl (C=O) groups excluding carboxylic acids is 2. The van der Waals surface area contributed by atoms with Gasteiger partial charge in [0.05, 0.1) is 38.5 Å². The number of likely N-dealkylation sites (tertiary alicyclic amines) is 1. The first-order chi connectivity index (χ1) is 21.8. The van der Waals surface area contributed by atoms with Crippen LogP contribution < -0.4 is 14.2 Å². The molecule has 5 rings (SSSR count). The summed E-state index contributed by atoms with van der Waals surface area (Å²) >= 11 is 0. The van der Waals surface area contributed by atoms with Crippen molar-refractivity contribution in [3.8, 4) is 17.2 Å². The molecule has 2 aliphatic rings. The zero-order valence-electron chi connectivity index (χ0n) is 26.5. The topological polar surface area (TPSA) is 97.8 Å². The molecular weight excluding hydrogens is 572 g/mol. The van der Waals surface area contributed by atoms with Crippen molar-refractivity contribution in [2.45, 2.75) is 33.4 Å². The van der Waals surface area contributed by atoms with Gasteiger partial charge in [0.25, 0.3) is 11.7 Å². The third-order valence-electron chi connectivity index (χ3n) is 8.06. The third-order valence-corrected chi connectivity index (χ3v) is 8.06. The Bertz CT molecular complexity index is 1530. The molecule has 238 valence electrons. The fourth-order valence-corrected chi connectivity index (χ4v) is 5.61. The van der Waals surface area contributed by atoms with Gasteiger partial charge in [-0.15, -0.1) is 0 Å². The summed E-state index contributed by atoms with van der Waals surface area (Å²) in [6, 6.07) is 19.7. The molecular formula is C36H42N2O7. The maximum Gasteiger partial charge on any atom is 0.295 e. The Kier molecular flexibility index (Phi) is 10.4.